The van der Waals surface area contributed by atoms with Gasteiger partial charge in [0.1, 0.15) is 5.78 Å². The van der Waals surface area contributed by atoms with E-state index in [-0.39, 0.29) is 16.7 Å². The summed E-state index contributed by atoms with van der Waals surface area (Å²) in [6.07, 6.45) is 8.23. The Morgan fingerprint density at radius 3 is 2.29 bits per heavy atom. The van der Waals surface area contributed by atoms with Gasteiger partial charge in [0, 0.05) is 17.8 Å². The van der Waals surface area contributed by atoms with Crippen LogP contribution in [0.4, 0.5) is 0 Å². The highest BCUT2D eigenvalue weighted by Gasteiger charge is 2.63. The number of fused-ring (bicyclic) bond motifs is 5. The number of hydrogen-bond acceptors (Lipinski definition) is 3. The summed E-state index contributed by atoms with van der Waals surface area (Å²) in [6.45, 7) is 15.6. The highest BCUT2D eigenvalue weighted by atomic mass is 28.4. The second-order valence-electron chi connectivity index (χ2n) is 12.0. The number of carbonyl (C=O) groups is 2. The van der Waals surface area contributed by atoms with Crippen LogP contribution in [0, 0.1) is 34.0 Å². The van der Waals surface area contributed by atoms with Gasteiger partial charge in [0.05, 0.1) is 6.10 Å². The van der Waals surface area contributed by atoms with Crippen molar-refractivity contribution in [2.24, 2.45) is 34.0 Å². The van der Waals surface area contributed by atoms with Gasteiger partial charge in [-0.3, -0.25) is 9.59 Å². The molecule has 3 fully saturated rings. The van der Waals surface area contributed by atoms with E-state index in [9.17, 15) is 9.59 Å². The smallest absolute Gasteiger partial charge is 0.184 e. The summed E-state index contributed by atoms with van der Waals surface area (Å²) in [5.74, 6) is 1.52. The average Bonchev–Trinajstić information content (AvgIpc) is 2.89. The van der Waals surface area contributed by atoms with Gasteiger partial charge in [0.2, 0.25) is 0 Å². The van der Waals surface area contributed by atoms with Crippen LogP contribution in [0.1, 0.15) is 66.2 Å². The van der Waals surface area contributed by atoms with Gasteiger partial charge in [-0.1, -0.05) is 13.8 Å². The monoisotopic (exact) mass is 402 g/mol. The largest absolute Gasteiger partial charge is 0.414 e. The standard InChI is InChI=1S/C24H38O3Si/c1-22(2)18-14-17(25)21-15-8-9-20(27-28(5,6)7)24(15,4)12-10-16(21)23(18,3)13-11-19(22)26/h14-16,20-21H,8-13H2,1-7H3. The van der Waals surface area contributed by atoms with Crippen LogP contribution in [0.5, 0.6) is 0 Å². The van der Waals surface area contributed by atoms with Gasteiger partial charge in [-0.25, -0.2) is 0 Å². The number of Topliss-reactive ketones (excluding diaryl/α,β-unsaturated/α-hetero) is 1. The van der Waals surface area contributed by atoms with Gasteiger partial charge in [0.15, 0.2) is 14.1 Å². The molecule has 4 aliphatic carbocycles. The maximum atomic E-state index is 13.5. The molecule has 156 valence electrons. The zero-order valence-electron chi connectivity index (χ0n) is 18.9. The summed E-state index contributed by atoms with van der Waals surface area (Å²) in [5, 5.41) is 0. The lowest BCUT2D eigenvalue weighted by atomic mass is 9.45. The van der Waals surface area contributed by atoms with Gasteiger partial charge in [-0.15, -0.1) is 0 Å². The summed E-state index contributed by atoms with van der Waals surface area (Å²) in [6, 6.07) is 0. The maximum Gasteiger partial charge on any atom is 0.184 e. The van der Waals surface area contributed by atoms with Crippen molar-refractivity contribution < 1.29 is 14.0 Å². The molecule has 0 radical (unpaired) electrons. The third kappa shape index (κ3) is 2.77. The molecule has 4 heteroatoms. The fourth-order valence-corrected chi connectivity index (χ4v) is 8.72. The Morgan fingerprint density at radius 1 is 0.964 bits per heavy atom. The fraction of sp³-hybridized carbons (Fsp3) is 0.833. The first-order valence-electron chi connectivity index (χ1n) is 11.3. The molecule has 0 aromatic rings. The zero-order chi connectivity index (χ0) is 20.7. The average molecular weight is 403 g/mol. The van der Waals surface area contributed by atoms with E-state index in [4.69, 9.17) is 4.43 Å². The Labute approximate surface area is 171 Å². The molecule has 0 aliphatic heterocycles. The van der Waals surface area contributed by atoms with Crippen LogP contribution in [0.3, 0.4) is 0 Å². The molecule has 0 amide bonds. The van der Waals surface area contributed by atoms with Crippen molar-refractivity contribution in [2.75, 3.05) is 0 Å². The topological polar surface area (TPSA) is 43.4 Å². The first kappa shape index (κ1) is 20.5. The number of ketones is 2. The minimum atomic E-state index is -1.61. The van der Waals surface area contributed by atoms with Crippen LogP contribution < -0.4 is 0 Å². The second-order valence-corrected chi connectivity index (χ2v) is 16.5. The Bertz CT molecular complexity index is 745. The third-order valence-electron chi connectivity index (χ3n) is 8.97. The summed E-state index contributed by atoms with van der Waals surface area (Å²) < 4.78 is 6.63. The molecule has 0 N–H and O–H groups in total. The van der Waals surface area contributed by atoms with Gasteiger partial charge < -0.3 is 4.43 Å². The molecule has 6 unspecified atom stereocenters. The molecule has 0 heterocycles. The van der Waals surface area contributed by atoms with Gasteiger partial charge in [-0.2, -0.15) is 0 Å². The normalized spacial score (nSPS) is 45.2. The minimum absolute atomic E-state index is 0.00492. The minimum Gasteiger partial charge on any atom is -0.414 e. The van der Waals surface area contributed by atoms with Crippen molar-refractivity contribution in [3.63, 3.8) is 0 Å². The van der Waals surface area contributed by atoms with Crippen LogP contribution in [-0.2, 0) is 14.0 Å². The van der Waals surface area contributed by atoms with Gasteiger partial charge in [0.25, 0.3) is 0 Å². The molecule has 0 spiro atoms. The lowest BCUT2D eigenvalue weighted by molar-refractivity contribution is -0.140. The van der Waals surface area contributed by atoms with Crippen LogP contribution >= 0.6 is 0 Å². The SMILES string of the molecule is CC1(C)C(=O)CCC2(C)C1=CC(=O)C1C2CCC2(C)C(O[Si](C)(C)C)CCC12. The maximum absolute atomic E-state index is 13.5. The van der Waals surface area contributed by atoms with E-state index in [0.717, 1.165) is 37.7 Å². The van der Waals surface area contributed by atoms with E-state index in [1.165, 1.54) is 0 Å². The molecule has 4 rings (SSSR count). The first-order valence-corrected chi connectivity index (χ1v) is 14.7. The van der Waals surface area contributed by atoms with E-state index in [1.54, 1.807) is 0 Å². The first-order chi connectivity index (χ1) is 12.8. The van der Waals surface area contributed by atoms with E-state index in [2.05, 4.69) is 33.5 Å². The van der Waals surface area contributed by atoms with Gasteiger partial charge >= 0.3 is 0 Å². The number of hydrogen-bond donors (Lipinski definition) is 0. The summed E-state index contributed by atoms with van der Waals surface area (Å²) >= 11 is 0. The number of rotatable bonds is 2. The quantitative estimate of drug-likeness (QED) is 0.568. The van der Waals surface area contributed by atoms with E-state index in [1.807, 2.05) is 19.9 Å². The molecule has 28 heavy (non-hydrogen) atoms. The summed E-state index contributed by atoms with van der Waals surface area (Å²) in [4.78, 5) is 26.1. The van der Waals surface area contributed by atoms with Crippen molar-refractivity contribution in [1.82, 2.24) is 0 Å². The Morgan fingerprint density at radius 2 is 1.64 bits per heavy atom. The molecular weight excluding hydrogens is 364 g/mol. The van der Waals surface area contributed by atoms with Crippen LogP contribution in [-0.4, -0.2) is 26.0 Å². The lowest BCUT2D eigenvalue weighted by Crippen LogP contribution is -2.57. The molecular formula is C24H38O3Si. The van der Waals surface area contributed by atoms with E-state index >= 15 is 0 Å². The zero-order valence-corrected chi connectivity index (χ0v) is 19.9. The number of carbonyl (C=O) groups excluding carboxylic acids is 2. The Balaban J connectivity index is 1.72. The van der Waals surface area contributed by atoms with Crippen LogP contribution in [0.25, 0.3) is 0 Å². The summed E-state index contributed by atoms with van der Waals surface area (Å²) in [5.41, 5.74) is 0.750. The molecule has 3 nitrogen and oxygen atoms in total. The molecule has 0 bridgehead atoms. The Hall–Kier alpha value is -0.743. The van der Waals surface area contributed by atoms with Crippen molar-refractivity contribution in [3.05, 3.63) is 11.6 Å². The fourth-order valence-electron chi connectivity index (χ4n) is 7.48. The predicted molar refractivity (Wildman–Crippen MR) is 114 cm³/mol. The van der Waals surface area contributed by atoms with Crippen molar-refractivity contribution in [1.29, 1.82) is 0 Å². The summed E-state index contributed by atoms with van der Waals surface area (Å²) in [7, 11) is -1.61. The number of allylic oxidation sites excluding steroid dienone is 2. The van der Waals surface area contributed by atoms with Crippen molar-refractivity contribution in [2.45, 2.75) is 92.0 Å². The Kier molecular flexibility index (Phi) is 4.50. The molecule has 4 aliphatic rings. The lowest BCUT2D eigenvalue weighted by Gasteiger charge is -2.59. The third-order valence-corrected chi connectivity index (χ3v) is 9.96. The van der Waals surface area contributed by atoms with Crippen LogP contribution in [0.2, 0.25) is 19.6 Å². The van der Waals surface area contributed by atoms with Crippen molar-refractivity contribution >= 4 is 19.9 Å². The molecule has 0 aromatic carbocycles. The second kappa shape index (κ2) is 6.13. The molecule has 6 atom stereocenters. The van der Waals surface area contributed by atoms with Crippen molar-refractivity contribution in [3.8, 4) is 0 Å². The van der Waals surface area contributed by atoms with E-state index in [0.29, 0.717) is 35.9 Å². The predicted octanol–water partition coefficient (Wildman–Crippen LogP) is 5.55. The molecule has 0 saturated heterocycles. The van der Waals surface area contributed by atoms with Crippen LogP contribution in [0.15, 0.2) is 11.6 Å². The highest BCUT2D eigenvalue weighted by molar-refractivity contribution is 6.69. The highest BCUT2D eigenvalue weighted by Crippen LogP contribution is 2.66. The van der Waals surface area contributed by atoms with E-state index < -0.39 is 13.7 Å². The van der Waals surface area contributed by atoms with Gasteiger partial charge in [-0.05, 0) is 99.9 Å². The molecule has 3 saturated carbocycles. The molecule has 0 aromatic heterocycles.